The molecule has 0 spiro atoms. The lowest BCUT2D eigenvalue weighted by molar-refractivity contribution is -0.873. The molecule has 190 valence electrons. The van der Waals surface area contributed by atoms with Gasteiger partial charge in [-0.15, -0.1) is 0 Å². The third-order valence-corrected chi connectivity index (χ3v) is 6.08. The molecule has 0 fully saturated rings. The summed E-state index contributed by atoms with van der Waals surface area (Å²) < 4.78 is 6.01. The van der Waals surface area contributed by atoms with E-state index < -0.39 is 12.1 Å². The number of unbranched alkanes of at least 4 members (excludes halogenated alkanes) is 11. The van der Waals surface area contributed by atoms with Gasteiger partial charge >= 0.3 is 11.9 Å². The second-order valence-electron chi connectivity index (χ2n) is 10.9. The summed E-state index contributed by atoms with van der Waals surface area (Å²) in [4.78, 5) is 23.1. The van der Waals surface area contributed by atoms with E-state index in [2.05, 4.69) is 13.8 Å². The van der Waals surface area contributed by atoms with E-state index in [0.717, 1.165) is 18.8 Å². The van der Waals surface area contributed by atoms with Crippen LogP contribution in [0, 0.1) is 5.92 Å². The first kappa shape index (κ1) is 30.9. The van der Waals surface area contributed by atoms with Crippen LogP contribution in [0.4, 0.5) is 0 Å². The number of carboxylic acid groups (broad SMARTS) is 1. The number of carboxylic acids is 1. The molecule has 0 aromatic carbocycles. The number of carbonyl (C=O) groups excluding carboxylic acids is 1. The van der Waals surface area contributed by atoms with Gasteiger partial charge in [0.2, 0.25) is 0 Å². The monoisotopic (exact) mass is 456 g/mol. The molecule has 0 aliphatic rings. The normalized spacial score (nSPS) is 13.7. The van der Waals surface area contributed by atoms with Crippen molar-refractivity contribution in [3.63, 3.8) is 0 Å². The lowest BCUT2D eigenvalue weighted by Gasteiger charge is -2.28. The fourth-order valence-electron chi connectivity index (χ4n) is 4.26. The number of likely N-dealkylation sites (N-methyl/N-ethyl adjacent to an activating group) is 1. The quantitative estimate of drug-likeness (QED) is 0.108. The number of hydrogen-bond acceptors (Lipinski definition) is 3. The highest BCUT2D eigenvalue weighted by Gasteiger charge is 2.24. The van der Waals surface area contributed by atoms with Gasteiger partial charge in [0, 0.05) is 6.42 Å². The number of rotatable bonds is 22. The van der Waals surface area contributed by atoms with Crippen molar-refractivity contribution in [3.05, 3.63) is 0 Å². The fraction of sp³-hybridized carbons (Fsp3) is 0.926. The van der Waals surface area contributed by atoms with Crippen molar-refractivity contribution in [2.45, 2.75) is 129 Å². The maximum absolute atomic E-state index is 12.1. The fourth-order valence-corrected chi connectivity index (χ4v) is 4.26. The van der Waals surface area contributed by atoms with Crippen LogP contribution in [0.2, 0.25) is 0 Å². The van der Waals surface area contributed by atoms with E-state index in [1.54, 1.807) is 0 Å². The number of carbonyl (C=O) groups is 2. The number of hydrogen-bond donors (Lipinski definition) is 1. The molecule has 0 saturated heterocycles. The summed E-state index contributed by atoms with van der Waals surface area (Å²) >= 11 is 0. The highest BCUT2D eigenvalue weighted by atomic mass is 16.5. The molecule has 0 aliphatic heterocycles. The van der Waals surface area contributed by atoms with Crippen LogP contribution in [-0.2, 0) is 14.3 Å². The molecular weight excluding hydrogens is 402 g/mol. The predicted molar refractivity (Wildman–Crippen MR) is 134 cm³/mol. The summed E-state index contributed by atoms with van der Waals surface area (Å²) in [7, 11) is 5.91. The number of nitrogens with zero attached hydrogens (tertiary/aromatic N) is 1. The van der Waals surface area contributed by atoms with Crippen molar-refractivity contribution in [2.75, 3.05) is 27.7 Å². The van der Waals surface area contributed by atoms with Gasteiger partial charge in [-0.05, 0) is 12.3 Å². The Morgan fingerprint density at radius 3 is 1.72 bits per heavy atom. The molecule has 0 aliphatic carbocycles. The van der Waals surface area contributed by atoms with E-state index in [-0.39, 0.29) is 12.4 Å². The zero-order chi connectivity index (χ0) is 24.2. The van der Waals surface area contributed by atoms with Gasteiger partial charge in [0.25, 0.3) is 0 Å². The zero-order valence-electron chi connectivity index (χ0n) is 22.0. The van der Waals surface area contributed by atoms with Crippen molar-refractivity contribution in [2.24, 2.45) is 5.92 Å². The van der Waals surface area contributed by atoms with Crippen molar-refractivity contribution >= 4 is 11.9 Å². The molecule has 5 heteroatoms. The van der Waals surface area contributed by atoms with E-state index in [1.165, 1.54) is 83.5 Å². The molecule has 1 N–H and O–H groups in total. The number of aliphatic carboxylic acids is 1. The number of ether oxygens (including phenoxy) is 1. The first-order valence-corrected chi connectivity index (χ1v) is 13.4. The molecule has 0 amide bonds. The van der Waals surface area contributed by atoms with Gasteiger partial charge in [-0.3, -0.25) is 9.59 Å². The van der Waals surface area contributed by atoms with E-state index in [9.17, 15) is 9.59 Å². The molecule has 5 nitrogen and oxygen atoms in total. The Balaban J connectivity index is 3.59. The summed E-state index contributed by atoms with van der Waals surface area (Å²) in [5.41, 5.74) is 0. The first-order valence-electron chi connectivity index (χ1n) is 13.4. The third-order valence-electron chi connectivity index (χ3n) is 6.08. The molecule has 0 aromatic rings. The average Bonchev–Trinajstić information content (AvgIpc) is 2.67. The minimum absolute atomic E-state index is 0.126. The van der Waals surface area contributed by atoms with Crippen molar-refractivity contribution in [1.82, 2.24) is 0 Å². The van der Waals surface area contributed by atoms with Crippen molar-refractivity contribution in [1.29, 1.82) is 0 Å². The molecule has 2 unspecified atom stereocenters. The molecule has 0 aromatic heterocycles. The Hall–Kier alpha value is -1.10. The van der Waals surface area contributed by atoms with Crippen LogP contribution >= 0.6 is 0 Å². The van der Waals surface area contributed by atoms with E-state index in [0.29, 0.717) is 17.4 Å². The Labute approximate surface area is 198 Å². The standard InChI is InChI=1S/C27H53NO4/c1-6-7-16-19-24(2)20-17-14-12-10-8-9-11-13-15-18-21-27(31)32-25(22-26(29)30)23-28(3,4)5/h24-25H,6-23H2,1-5H3/p+1. The topological polar surface area (TPSA) is 63.6 Å². The second kappa shape index (κ2) is 19.4. The maximum atomic E-state index is 12.1. The highest BCUT2D eigenvalue weighted by Crippen LogP contribution is 2.18. The number of quaternary nitrogens is 1. The van der Waals surface area contributed by atoms with Gasteiger partial charge in [-0.2, -0.15) is 0 Å². The molecule has 0 radical (unpaired) electrons. The molecule has 32 heavy (non-hydrogen) atoms. The van der Waals surface area contributed by atoms with Crippen LogP contribution in [0.1, 0.15) is 123 Å². The Morgan fingerprint density at radius 2 is 1.25 bits per heavy atom. The number of esters is 1. The van der Waals surface area contributed by atoms with Gasteiger partial charge < -0.3 is 14.3 Å². The molecule has 0 rings (SSSR count). The Kier molecular flexibility index (Phi) is 18.7. The second-order valence-corrected chi connectivity index (χ2v) is 10.9. The average molecular weight is 457 g/mol. The largest absolute Gasteiger partial charge is 0.481 e. The van der Waals surface area contributed by atoms with E-state index in [4.69, 9.17) is 9.84 Å². The summed E-state index contributed by atoms with van der Waals surface area (Å²) in [5.74, 6) is -0.280. The molecule has 0 heterocycles. The van der Waals surface area contributed by atoms with Crippen molar-refractivity contribution in [3.8, 4) is 0 Å². The summed E-state index contributed by atoms with van der Waals surface area (Å²) in [5, 5.41) is 9.03. The van der Waals surface area contributed by atoms with Crippen LogP contribution in [0.25, 0.3) is 0 Å². The highest BCUT2D eigenvalue weighted by molar-refractivity contribution is 5.71. The lowest BCUT2D eigenvalue weighted by atomic mass is 9.96. The summed E-state index contributed by atoms with van der Waals surface area (Å²) in [6, 6.07) is 0. The smallest absolute Gasteiger partial charge is 0.307 e. The molecule has 0 saturated carbocycles. The Morgan fingerprint density at radius 1 is 0.781 bits per heavy atom. The molecule has 0 bridgehead atoms. The lowest BCUT2D eigenvalue weighted by Crippen LogP contribution is -2.43. The van der Waals surface area contributed by atoms with E-state index >= 15 is 0 Å². The van der Waals surface area contributed by atoms with Gasteiger partial charge in [0.05, 0.1) is 27.6 Å². The molecular formula is C27H54NO4+. The Bertz CT molecular complexity index is 473. The van der Waals surface area contributed by atoms with Crippen LogP contribution in [-0.4, -0.2) is 55.3 Å². The SMILES string of the molecule is CCCCCC(C)CCCCCCCCCCCCC(=O)OC(CC(=O)O)C[N+](C)(C)C. The van der Waals surface area contributed by atoms with Gasteiger partial charge in [-0.1, -0.05) is 104 Å². The third kappa shape index (κ3) is 22.1. The maximum Gasteiger partial charge on any atom is 0.307 e. The predicted octanol–water partition coefficient (Wildman–Crippen LogP) is 6.98. The van der Waals surface area contributed by atoms with Gasteiger partial charge in [0.15, 0.2) is 6.10 Å². The minimum Gasteiger partial charge on any atom is -0.481 e. The van der Waals surface area contributed by atoms with E-state index in [1.807, 2.05) is 21.1 Å². The molecule has 2 atom stereocenters. The zero-order valence-corrected chi connectivity index (χ0v) is 22.0. The van der Waals surface area contributed by atoms with Crippen LogP contribution < -0.4 is 0 Å². The summed E-state index contributed by atoms with van der Waals surface area (Å²) in [6.07, 6.45) is 19.1. The van der Waals surface area contributed by atoms with Gasteiger partial charge in [0.1, 0.15) is 6.54 Å². The van der Waals surface area contributed by atoms with Crippen LogP contribution in [0.5, 0.6) is 0 Å². The van der Waals surface area contributed by atoms with Crippen LogP contribution in [0.15, 0.2) is 0 Å². The van der Waals surface area contributed by atoms with Gasteiger partial charge in [-0.25, -0.2) is 0 Å². The van der Waals surface area contributed by atoms with Crippen LogP contribution in [0.3, 0.4) is 0 Å². The minimum atomic E-state index is -0.923. The first-order chi connectivity index (χ1) is 15.1. The van der Waals surface area contributed by atoms with Crippen molar-refractivity contribution < 1.29 is 23.9 Å². The summed E-state index contributed by atoms with van der Waals surface area (Å²) in [6.45, 7) is 5.20.